The van der Waals surface area contributed by atoms with Crippen LogP contribution in [0.2, 0.25) is 0 Å². The molecule has 1 aromatic carbocycles. The lowest BCUT2D eigenvalue weighted by atomic mass is 10.1. The van der Waals surface area contributed by atoms with E-state index >= 15 is 0 Å². The number of nitrogens with two attached hydrogens (primary N) is 1. The van der Waals surface area contributed by atoms with E-state index in [1.165, 1.54) is 0 Å². The number of hydrogen-bond donors (Lipinski definition) is 2. The third-order valence-electron chi connectivity index (χ3n) is 2.28. The summed E-state index contributed by atoms with van der Waals surface area (Å²) < 4.78 is 6.54. The van der Waals surface area contributed by atoms with Gasteiger partial charge in [0.25, 0.3) is 0 Å². The molecule has 0 aromatic heterocycles. The number of halogens is 1. The van der Waals surface area contributed by atoms with Gasteiger partial charge < -0.3 is 15.7 Å². The molecule has 1 aromatic rings. The minimum absolute atomic E-state index is 0.0528. The van der Waals surface area contributed by atoms with E-state index in [-0.39, 0.29) is 5.84 Å². The highest BCUT2D eigenvalue weighted by Gasteiger charge is 2.09. The Hall–Kier alpha value is -1.23. The third kappa shape index (κ3) is 4.26. The molecule has 0 saturated heterocycles. The van der Waals surface area contributed by atoms with Gasteiger partial charge in [0.05, 0.1) is 12.2 Å². The molecule has 0 radical (unpaired) electrons. The van der Waals surface area contributed by atoms with Crippen molar-refractivity contribution in [1.29, 1.82) is 0 Å². The van der Waals surface area contributed by atoms with E-state index in [1.807, 2.05) is 12.1 Å². The Morgan fingerprint density at radius 3 is 2.82 bits per heavy atom. The summed E-state index contributed by atoms with van der Waals surface area (Å²) in [6.07, 6.45) is 0.960. The van der Waals surface area contributed by atoms with Crippen LogP contribution in [0.15, 0.2) is 27.8 Å². The van der Waals surface area contributed by atoms with Crippen molar-refractivity contribution >= 4 is 21.8 Å². The first-order valence-electron chi connectivity index (χ1n) is 5.45. The maximum Gasteiger partial charge on any atom is 0.173 e. The summed E-state index contributed by atoms with van der Waals surface area (Å²) in [4.78, 5) is 0. The number of benzene rings is 1. The van der Waals surface area contributed by atoms with Gasteiger partial charge >= 0.3 is 0 Å². The summed E-state index contributed by atoms with van der Waals surface area (Å²) in [6.45, 7) is 4.88. The average molecular weight is 301 g/mol. The van der Waals surface area contributed by atoms with Crippen molar-refractivity contribution in [3.8, 4) is 5.75 Å². The lowest BCUT2D eigenvalue weighted by Crippen LogP contribution is -2.15. The van der Waals surface area contributed by atoms with E-state index in [0.717, 1.165) is 10.9 Å². The van der Waals surface area contributed by atoms with Gasteiger partial charge in [-0.1, -0.05) is 34.9 Å². The van der Waals surface area contributed by atoms with Crippen LogP contribution in [0.5, 0.6) is 5.75 Å². The number of nitrogens with zero attached hydrogens (tertiary/aromatic N) is 1. The van der Waals surface area contributed by atoms with E-state index in [9.17, 15) is 0 Å². The molecule has 0 heterocycles. The van der Waals surface area contributed by atoms with Crippen LogP contribution >= 0.6 is 15.9 Å². The standard InChI is InChI=1S/C12H17BrN2O2/c1-8(2)5-6-17-11-7-9(13)3-4-10(11)12(14)15-16/h3-4,7-8,16H,5-6H2,1-2H3,(H2,14,15). The zero-order chi connectivity index (χ0) is 12.8. The summed E-state index contributed by atoms with van der Waals surface area (Å²) >= 11 is 3.37. The Bertz CT molecular complexity index is 405. The molecule has 0 atom stereocenters. The quantitative estimate of drug-likeness (QED) is 0.380. The summed E-state index contributed by atoms with van der Waals surface area (Å²) in [7, 11) is 0. The molecule has 0 bridgehead atoms. The number of oxime groups is 1. The van der Waals surface area contributed by atoms with Gasteiger partial charge in [0.1, 0.15) is 5.75 Å². The van der Waals surface area contributed by atoms with Crippen molar-refractivity contribution in [2.24, 2.45) is 16.8 Å². The molecule has 5 heteroatoms. The Labute approximate surface area is 110 Å². The third-order valence-corrected chi connectivity index (χ3v) is 2.77. The van der Waals surface area contributed by atoms with Crippen molar-refractivity contribution in [1.82, 2.24) is 0 Å². The highest BCUT2D eigenvalue weighted by molar-refractivity contribution is 9.10. The van der Waals surface area contributed by atoms with Crippen molar-refractivity contribution in [2.45, 2.75) is 20.3 Å². The average Bonchev–Trinajstić information content (AvgIpc) is 2.28. The summed E-state index contributed by atoms with van der Waals surface area (Å²) in [5.74, 6) is 1.25. The Kier molecular flexibility index (Phi) is 5.28. The van der Waals surface area contributed by atoms with Gasteiger partial charge in [-0.25, -0.2) is 0 Å². The monoisotopic (exact) mass is 300 g/mol. The Morgan fingerprint density at radius 1 is 1.53 bits per heavy atom. The molecule has 0 saturated carbocycles. The minimum Gasteiger partial charge on any atom is -0.493 e. The predicted molar refractivity (Wildman–Crippen MR) is 71.6 cm³/mol. The van der Waals surface area contributed by atoms with E-state index in [1.54, 1.807) is 6.07 Å². The first-order valence-corrected chi connectivity index (χ1v) is 6.24. The fourth-order valence-electron chi connectivity index (χ4n) is 1.29. The summed E-state index contributed by atoms with van der Waals surface area (Å²) in [6, 6.07) is 5.39. The fourth-order valence-corrected chi connectivity index (χ4v) is 1.63. The van der Waals surface area contributed by atoms with Gasteiger partial charge in [-0.15, -0.1) is 0 Å². The molecule has 1 rings (SSSR count). The fraction of sp³-hybridized carbons (Fsp3) is 0.417. The molecular weight excluding hydrogens is 284 g/mol. The van der Waals surface area contributed by atoms with Gasteiger partial charge in [0.15, 0.2) is 5.84 Å². The molecule has 4 nitrogen and oxygen atoms in total. The van der Waals surface area contributed by atoms with Crippen molar-refractivity contribution in [2.75, 3.05) is 6.61 Å². The van der Waals surface area contributed by atoms with Crippen LogP contribution in [0.25, 0.3) is 0 Å². The van der Waals surface area contributed by atoms with Crippen LogP contribution in [-0.4, -0.2) is 17.6 Å². The molecule has 0 amide bonds. The summed E-state index contributed by atoms with van der Waals surface area (Å²) in [5.41, 5.74) is 6.18. The SMILES string of the molecule is CC(C)CCOc1cc(Br)ccc1/C(N)=N/O. The number of amidine groups is 1. The second kappa shape index (κ2) is 6.49. The van der Waals surface area contributed by atoms with Crippen LogP contribution in [0, 0.1) is 5.92 Å². The van der Waals surface area contributed by atoms with E-state index in [4.69, 9.17) is 15.7 Å². The highest BCUT2D eigenvalue weighted by atomic mass is 79.9. The zero-order valence-electron chi connectivity index (χ0n) is 9.98. The second-order valence-electron chi connectivity index (χ2n) is 4.16. The molecule has 17 heavy (non-hydrogen) atoms. The first kappa shape index (κ1) is 13.8. The summed E-state index contributed by atoms with van der Waals surface area (Å²) in [5, 5.41) is 11.7. The molecular formula is C12H17BrN2O2. The molecule has 3 N–H and O–H groups in total. The van der Waals surface area contributed by atoms with Gasteiger partial charge in [-0.3, -0.25) is 0 Å². The number of rotatable bonds is 5. The van der Waals surface area contributed by atoms with Crippen LogP contribution in [-0.2, 0) is 0 Å². The number of hydrogen-bond acceptors (Lipinski definition) is 3. The van der Waals surface area contributed by atoms with Crippen LogP contribution in [0.3, 0.4) is 0 Å². The smallest absolute Gasteiger partial charge is 0.173 e. The molecule has 0 aliphatic rings. The van der Waals surface area contributed by atoms with Crippen LogP contribution in [0.4, 0.5) is 0 Å². The predicted octanol–water partition coefficient (Wildman–Crippen LogP) is 2.97. The van der Waals surface area contributed by atoms with Gasteiger partial charge in [0, 0.05) is 4.47 Å². The van der Waals surface area contributed by atoms with Crippen molar-refractivity contribution in [3.63, 3.8) is 0 Å². The first-order chi connectivity index (χ1) is 8.04. The van der Waals surface area contributed by atoms with Crippen molar-refractivity contribution < 1.29 is 9.94 Å². The van der Waals surface area contributed by atoms with E-state index < -0.39 is 0 Å². The Morgan fingerprint density at radius 2 is 2.24 bits per heavy atom. The van der Waals surface area contributed by atoms with Crippen LogP contribution in [0.1, 0.15) is 25.8 Å². The lowest BCUT2D eigenvalue weighted by molar-refractivity contribution is 0.288. The van der Waals surface area contributed by atoms with E-state index in [2.05, 4.69) is 34.9 Å². The van der Waals surface area contributed by atoms with Gasteiger partial charge in [-0.2, -0.15) is 0 Å². The number of ether oxygens (including phenoxy) is 1. The molecule has 0 aliphatic heterocycles. The molecule has 0 fully saturated rings. The second-order valence-corrected chi connectivity index (χ2v) is 5.07. The normalized spacial score (nSPS) is 11.9. The zero-order valence-corrected chi connectivity index (χ0v) is 11.6. The highest BCUT2D eigenvalue weighted by Crippen LogP contribution is 2.24. The largest absolute Gasteiger partial charge is 0.493 e. The van der Waals surface area contributed by atoms with Gasteiger partial charge in [-0.05, 0) is 30.5 Å². The van der Waals surface area contributed by atoms with Gasteiger partial charge in [0.2, 0.25) is 0 Å². The minimum atomic E-state index is 0.0528. The topological polar surface area (TPSA) is 67.8 Å². The molecule has 94 valence electrons. The van der Waals surface area contributed by atoms with Crippen LogP contribution < -0.4 is 10.5 Å². The molecule has 0 aliphatic carbocycles. The Balaban J connectivity index is 2.84. The van der Waals surface area contributed by atoms with Crippen molar-refractivity contribution in [3.05, 3.63) is 28.2 Å². The maximum absolute atomic E-state index is 8.69. The molecule has 0 spiro atoms. The molecule has 0 unspecified atom stereocenters. The lowest BCUT2D eigenvalue weighted by Gasteiger charge is -2.12. The maximum atomic E-state index is 8.69. The van der Waals surface area contributed by atoms with E-state index in [0.29, 0.717) is 23.8 Å².